The number of hydrogen-bond donors (Lipinski definition) is 0. The zero-order valence-electron chi connectivity index (χ0n) is 9.87. The maximum atomic E-state index is 13.6. The molecule has 1 nitrogen and oxygen atoms in total. The summed E-state index contributed by atoms with van der Waals surface area (Å²) in [5, 5.41) is 8.64. The van der Waals surface area contributed by atoms with Crippen LogP contribution in [0, 0.1) is 29.9 Å². The van der Waals surface area contributed by atoms with Crippen molar-refractivity contribution < 1.29 is 8.78 Å². The van der Waals surface area contributed by atoms with Crippen molar-refractivity contribution in [1.82, 2.24) is 0 Å². The molecule has 90 valence electrons. The second-order valence-corrected chi connectivity index (χ2v) is 4.14. The average molecular weight is 243 g/mol. The summed E-state index contributed by atoms with van der Waals surface area (Å²) in [7, 11) is 0. The van der Waals surface area contributed by atoms with Gasteiger partial charge in [-0.25, -0.2) is 8.78 Å². The van der Waals surface area contributed by atoms with Gasteiger partial charge >= 0.3 is 0 Å². The molecule has 18 heavy (non-hydrogen) atoms. The predicted molar refractivity (Wildman–Crippen MR) is 65.1 cm³/mol. The molecule has 2 aromatic rings. The van der Waals surface area contributed by atoms with Crippen molar-refractivity contribution >= 4 is 0 Å². The van der Waals surface area contributed by atoms with Gasteiger partial charge in [-0.15, -0.1) is 0 Å². The fourth-order valence-corrected chi connectivity index (χ4v) is 1.85. The van der Waals surface area contributed by atoms with Gasteiger partial charge in [0, 0.05) is 6.42 Å². The molecule has 0 spiro atoms. The summed E-state index contributed by atoms with van der Waals surface area (Å²) in [6, 6.07) is 11.0. The Morgan fingerprint density at radius 3 is 2.50 bits per heavy atom. The molecule has 0 amide bonds. The monoisotopic (exact) mass is 243 g/mol. The van der Waals surface area contributed by atoms with Crippen molar-refractivity contribution in [2.24, 2.45) is 0 Å². The maximum absolute atomic E-state index is 13.6. The fraction of sp³-hybridized carbons (Fsp3) is 0.133. The van der Waals surface area contributed by atoms with Gasteiger partial charge in [0.15, 0.2) is 0 Å². The van der Waals surface area contributed by atoms with Crippen LogP contribution in [-0.2, 0) is 6.42 Å². The second-order valence-electron chi connectivity index (χ2n) is 4.14. The van der Waals surface area contributed by atoms with E-state index in [0.29, 0.717) is 17.5 Å². The molecule has 0 saturated heterocycles. The lowest BCUT2D eigenvalue weighted by molar-refractivity contribution is 0.609. The Balaban J connectivity index is 2.35. The van der Waals surface area contributed by atoms with Crippen molar-refractivity contribution in [1.29, 1.82) is 5.26 Å². The van der Waals surface area contributed by atoms with Gasteiger partial charge in [-0.1, -0.05) is 18.2 Å². The van der Waals surface area contributed by atoms with Gasteiger partial charge < -0.3 is 0 Å². The molecule has 3 heteroatoms. The SMILES string of the molecule is Cc1cccc(F)c1Cc1ccc(C#N)c(F)c1. The minimum absolute atomic E-state index is 0.00371. The van der Waals surface area contributed by atoms with E-state index in [1.54, 1.807) is 18.2 Å². The Morgan fingerprint density at radius 1 is 1.11 bits per heavy atom. The van der Waals surface area contributed by atoms with Crippen LogP contribution in [0.5, 0.6) is 0 Å². The lowest BCUT2D eigenvalue weighted by atomic mass is 9.99. The molecule has 0 bridgehead atoms. The first-order valence-corrected chi connectivity index (χ1v) is 5.54. The molecule has 0 unspecified atom stereocenters. The van der Waals surface area contributed by atoms with E-state index in [0.717, 1.165) is 5.56 Å². The van der Waals surface area contributed by atoms with Crippen LogP contribution >= 0.6 is 0 Å². The maximum Gasteiger partial charge on any atom is 0.141 e. The fourth-order valence-electron chi connectivity index (χ4n) is 1.85. The second kappa shape index (κ2) is 4.97. The van der Waals surface area contributed by atoms with Gasteiger partial charge in [0.25, 0.3) is 0 Å². The van der Waals surface area contributed by atoms with Gasteiger partial charge in [-0.3, -0.25) is 0 Å². The Morgan fingerprint density at radius 2 is 1.89 bits per heavy atom. The molecule has 0 aliphatic rings. The van der Waals surface area contributed by atoms with Crippen LogP contribution in [0.1, 0.15) is 22.3 Å². The third-order valence-electron chi connectivity index (χ3n) is 2.89. The zero-order valence-corrected chi connectivity index (χ0v) is 9.87. The highest BCUT2D eigenvalue weighted by Crippen LogP contribution is 2.19. The molecular weight excluding hydrogens is 232 g/mol. The number of nitrogens with zero attached hydrogens (tertiary/aromatic N) is 1. The average Bonchev–Trinajstić information content (AvgIpc) is 2.34. The first-order chi connectivity index (χ1) is 8.61. The molecule has 0 aliphatic heterocycles. The van der Waals surface area contributed by atoms with Crippen molar-refractivity contribution in [3.63, 3.8) is 0 Å². The lowest BCUT2D eigenvalue weighted by Crippen LogP contribution is -1.97. The van der Waals surface area contributed by atoms with E-state index in [2.05, 4.69) is 0 Å². The minimum atomic E-state index is -0.566. The van der Waals surface area contributed by atoms with Gasteiger partial charge in [-0.05, 0) is 41.8 Å². The van der Waals surface area contributed by atoms with Gasteiger partial charge in [0.1, 0.15) is 17.7 Å². The third-order valence-corrected chi connectivity index (χ3v) is 2.89. The molecule has 0 atom stereocenters. The van der Waals surface area contributed by atoms with E-state index in [1.807, 2.05) is 13.0 Å². The summed E-state index contributed by atoms with van der Waals surface area (Å²) in [6.07, 6.45) is 0.321. The summed E-state index contributed by atoms with van der Waals surface area (Å²) in [5.74, 6) is -0.858. The molecule has 0 fully saturated rings. The zero-order chi connectivity index (χ0) is 13.1. The number of benzene rings is 2. The molecule has 0 aromatic heterocycles. The van der Waals surface area contributed by atoms with Crippen molar-refractivity contribution in [2.45, 2.75) is 13.3 Å². The van der Waals surface area contributed by atoms with E-state index in [9.17, 15) is 8.78 Å². The summed E-state index contributed by atoms with van der Waals surface area (Å²) >= 11 is 0. The molecule has 0 heterocycles. The third kappa shape index (κ3) is 2.38. The van der Waals surface area contributed by atoms with Crippen LogP contribution in [0.15, 0.2) is 36.4 Å². The van der Waals surface area contributed by atoms with Crippen LogP contribution < -0.4 is 0 Å². The Labute approximate surface area is 104 Å². The summed E-state index contributed by atoms with van der Waals surface area (Å²) in [4.78, 5) is 0. The van der Waals surface area contributed by atoms with Crippen LogP contribution in [0.25, 0.3) is 0 Å². The van der Waals surface area contributed by atoms with E-state index in [4.69, 9.17) is 5.26 Å². The molecule has 0 radical (unpaired) electrons. The number of rotatable bonds is 2. The number of hydrogen-bond acceptors (Lipinski definition) is 1. The summed E-state index contributed by atoms with van der Waals surface area (Å²) in [6.45, 7) is 1.82. The van der Waals surface area contributed by atoms with Crippen LogP contribution in [-0.4, -0.2) is 0 Å². The molecule has 2 aromatic carbocycles. The first kappa shape index (κ1) is 12.3. The predicted octanol–water partition coefficient (Wildman–Crippen LogP) is 3.74. The van der Waals surface area contributed by atoms with Crippen LogP contribution in [0.3, 0.4) is 0 Å². The minimum Gasteiger partial charge on any atom is -0.207 e. The van der Waals surface area contributed by atoms with Crippen LogP contribution in [0.4, 0.5) is 8.78 Å². The highest BCUT2D eigenvalue weighted by atomic mass is 19.1. The Kier molecular flexibility index (Phi) is 3.38. The molecule has 0 saturated carbocycles. The quantitative estimate of drug-likeness (QED) is 0.788. The van der Waals surface area contributed by atoms with Gasteiger partial charge in [-0.2, -0.15) is 5.26 Å². The largest absolute Gasteiger partial charge is 0.207 e. The topological polar surface area (TPSA) is 23.8 Å². The molecular formula is C15H11F2N. The Hall–Kier alpha value is -2.21. The molecule has 2 rings (SSSR count). The normalized spacial score (nSPS) is 10.1. The number of aryl methyl sites for hydroxylation is 1. The van der Waals surface area contributed by atoms with E-state index < -0.39 is 5.82 Å². The lowest BCUT2D eigenvalue weighted by Gasteiger charge is -2.07. The number of nitriles is 1. The Bertz CT molecular complexity index is 607. The summed E-state index contributed by atoms with van der Waals surface area (Å²) in [5.41, 5.74) is 2.05. The van der Waals surface area contributed by atoms with Crippen LogP contribution in [0.2, 0.25) is 0 Å². The summed E-state index contributed by atoms with van der Waals surface area (Å²) < 4.78 is 27.1. The molecule has 0 aliphatic carbocycles. The molecule has 0 N–H and O–H groups in total. The first-order valence-electron chi connectivity index (χ1n) is 5.54. The van der Waals surface area contributed by atoms with Gasteiger partial charge in [0.05, 0.1) is 5.56 Å². The highest BCUT2D eigenvalue weighted by molar-refractivity contribution is 5.37. The standard InChI is InChI=1S/C15H11F2N/c1-10-3-2-4-14(16)13(10)7-11-5-6-12(9-18)15(17)8-11/h2-6,8H,7H2,1H3. The smallest absolute Gasteiger partial charge is 0.141 e. The van der Waals surface area contributed by atoms with Crippen molar-refractivity contribution in [2.75, 3.05) is 0 Å². The van der Waals surface area contributed by atoms with Gasteiger partial charge in [0.2, 0.25) is 0 Å². The van der Waals surface area contributed by atoms with Crippen molar-refractivity contribution in [3.8, 4) is 6.07 Å². The van der Waals surface area contributed by atoms with E-state index in [1.165, 1.54) is 18.2 Å². The van der Waals surface area contributed by atoms with E-state index in [-0.39, 0.29) is 11.4 Å². The van der Waals surface area contributed by atoms with E-state index >= 15 is 0 Å². The number of halogens is 2. The highest BCUT2D eigenvalue weighted by Gasteiger charge is 2.08. The van der Waals surface area contributed by atoms with Crippen molar-refractivity contribution in [3.05, 3.63) is 70.3 Å².